The summed E-state index contributed by atoms with van der Waals surface area (Å²) in [4.78, 5) is 17.4. The molecule has 0 amide bonds. The van der Waals surface area contributed by atoms with E-state index in [0.717, 1.165) is 0 Å². The minimum atomic E-state index is -1.83. The van der Waals surface area contributed by atoms with Gasteiger partial charge in [-0.1, -0.05) is 0 Å². The lowest BCUT2D eigenvalue weighted by molar-refractivity contribution is 0.546. The third kappa shape index (κ3) is 3.85. The van der Waals surface area contributed by atoms with Crippen LogP contribution in [0, 0.1) is 0 Å². The van der Waals surface area contributed by atoms with E-state index in [9.17, 15) is 4.79 Å². The third-order valence-corrected chi connectivity index (χ3v) is 0.591. The Kier molecular flexibility index (Phi) is 2.04. The molecule has 0 saturated heterocycles. The van der Waals surface area contributed by atoms with Gasteiger partial charge in [-0.2, -0.15) is 0 Å². The monoisotopic (exact) mass is 90.0 g/mol. The van der Waals surface area contributed by atoms with Crippen molar-refractivity contribution in [2.75, 3.05) is 0 Å². The molecule has 1 N–H and O–H groups in total. The number of carbonyl (C=O) groups excluding carboxylic acids is 1. The van der Waals surface area contributed by atoms with Gasteiger partial charge in [-0.25, -0.2) is 0 Å². The van der Waals surface area contributed by atoms with Crippen LogP contribution in [0.4, 0.5) is 0 Å². The Morgan fingerprint density at radius 1 is 2.00 bits per heavy atom. The molecule has 0 spiro atoms. The molecule has 0 aromatic rings. The highest BCUT2D eigenvalue weighted by Gasteiger charge is 1.86. The van der Waals surface area contributed by atoms with E-state index in [1.807, 2.05) is 0 Å². The Morgan fingerprint density at radius 2 is 2.20 bits per heavy atom. The van der Waals surface area contributed by atoms with Gasteiger partial charge in [0.2, 0.25) is 9.04 Å². The molecule has 0 aliphatic heterocycles. The molecule has 0 fully saturated rings. The molecule has 0 aromatic carbocycles. The van der Waals surface area contributed by atoms with Crippen LogP contribution in [-0.4, -0.2) is 19.7 Å². The second-order valence-corrected chi connectivity index (χ2v) is 2.63. The van der Waals surface area contributed by atoms with Gasteiger partial charge in [-0.15, -0.1) is 0 Å². The summed E-state index contributed by atoms with van der Waals surface area (Å²) < 4.78 is 0. The van der Waals surface area contributed by atoms with Gasteiger partial charge >= 0.3 is 0 Å². The van der Waals surface area contributed by atoms with Gasteiger partial charge in [0, 0.05) is 0 Å². The fraction of sp³-hybridized carbons (Fsp3) is 0.500. The zero-order chi connectivity index (χ0) is 4.28. The molecule has 5 heavy (non-hydrogen) atoms. The Hall–Kier alpha value is -0.153. The summed E-state index contributed by atoms with van der Waals surface area (Å²) in [7, 11) is -1.83. The molecule has 0 rings (SSSR count). The van der Waals surface area contributed by atoms with E-state index in [4.69, 9.17) is 4.80 Å². The normalized spacial score (nSPS) is 14.0. The van der Waals surface area contributed by atoms with Crippen LogP contribution in [0.5, 0.6) is 0 Å². The van der Waals surface area contributed by atoms with Gasteiger partial charge in [0.15, 0.2) is 0 Å². The molecule has 0 radical (unpaired) electrons. The smallest absolute Gasteiger partial charge is 0.238 e. The Morgan fingerprint density at radius 3 is 2.20 bits per heavy atom. The van der Waals surface area contributed by atoms with E-state index in [0.29, 0.717) is 5.91 Å². The number of carbonyl (C=O) groups is 1. The topological polar surface area (TPSA) is 37.3 Å². The standard InChI is InChI=1S/C2H6O2Si/c1-5(4)2-3/h2,4-5H,1H3. The lowest BCUT2D eigenvalue weighted by atomic mass is 11.8. The first-order valence-corrected chi connectivity index (χ1v) is 3.74. The molecule has 3 heteroatoms. The lowest BCUT2D eigenvalue weighted by Crippen LogP contribution is -2.05. The first-order valence-electron chi connectivity index (χ1n) is 1.40. The van der Waals surface area contributed by atoms with Crippen molar-refractivity contribution in [3.63, 3.8) is 0 Å². The highest BCUT2D eigenvalue weighted by Crippen LogP contribution is 1.56. The molecule has 0 heterocycles. The fourth-order valence-corrected chi connectivity index (χ4v) is 0. The summed E-state index contributed by atoms with van der Waals surface area (Å²) in [5.74, 6) is 0.611. The van der Waals surface area contributed by atoms with Crippen LogP contribution in [0.15, 0.2) is 0 Å². The molecule has 1 unspecified atom stereocenters. The summed E-state index contributed by atoms with van der Waals surface area (Å²) in [5, 5.41) is 0. The summed E-state index contributed by atoms with van der Waals surface area (Å²) >= 11 is 0. The van der Waals surface area contributed by atoms with Crippen molar-refractivity contribution >= 4 is 14.9 Å². The van der Waals surface area contributed by atoms with E-state index >= 15 is 0 Å². The summed E-state index contributed by atoms with van der Waals surface area (Å²) in [6.07, 6.45) is 0. The van der Waals surface area contributed by atoms with Crippen LogP contribution >= 0.6 is 0 Å². The van der Waals surface area contributed by atoms with Crippen LogP contribution < -0.4 is 0 Å². The predicted octanol–water partition coefficient (Wildman–Crippen LogP) is -0.896. The van der Waals surface area contributed by atoms with Crippen molar-refractivity contribution in [2.24, 2.45) is 0 Å². The van der Waals surface area contributed by atoms with E-state index in [1.54, 1.807) is 6.55 Å². The number of hydrogen-bond donors (Lipinski definition) is 1. The third-order valence-electron chi connectivity index (χ3n) is 0.197. The highest BCUT2D eigenvalue weighted by atomic mass is 28.3. The zero-order valence-electron chi connectivity index (χ0n) is 3.01. The maximum atomic E-state index is 9.32. The summed E-state index contributed by atoms with van der Waals surface area (Å²) in [6, 6.07) is 0. The van der Waals surface area contributed by atoms with E-state index in [-0.39, 0.29) is 0 Å². The van der Waals surface area contributed by atoms with Crippen LogP contribution in [0.25, 0.3) is 0 Å². The van der Waals surface area contributed by atoms with Crippen molar-refractivity contribution in [1.82, 2.24) is 0 Å². The van der Waals surface area contributed by atoms with E-state index < -0.39 is 9.04 Å². The van der Waals surface area contributed by atoms with Crippen molar-refractivity contribution < 1.29 is 9.59 Å². The lowest BCUT2D eigenvalue weighted by Gasteiger charge is -1.75. The molecule has 1 atom stereocenters. The average Bonchev–Trinajstić information content (AvgIpc) is 1.38. The van der Waals surface area contributed by atoms with Gasteiger partial charge in [0.1, 0.15) is 5.91 Å². The van der Waals surface area contributed by atoms with Crippen LogP contribution in [-0.2, 0) is 4.79 Å². The predicted molar refractivity (Wildman–Crippen MR) is 22.0 cm³/mol. The largest absolute Gasteiger partial charge is 0.428 e. The van der Waals surface area contributed by atoms with Crippen molar-refractivity contribution in [3.05, 3.63) is 0 Å². The molecule has 0 aromatic heterocycles. The molecule has 0 aliphatic rings. The average molecular weight is 90.2 g/mol. The first-order chi connectivity index (χ1) is 2.27. The van der Waals surface area contributed by atoms with Gasteiger partial charge in [-0.3, -0.25) is 0 Å². The number of hydrogen-bond acceptors (Lipinski definition) is 2. The minimum Gasteiger partial charge on any atom is -0.428 e. The van der Waals surface area contributed by atoms with Crippen LogP contribution in [0.1, 0.15) is 0 Å². The molecule has 2 nitrogen and oxygen atoms in total. The molecule has 30 valence electrons. The van der Waals surface area contributed by atoms with E-state index in [2.05, 4.69) is 0 Å². The van der Waals surface area contributed by atoms with Gasteiger partial charge in [0.25, 0.3) is 0 Å². The van der Waals surface area contributed by atoms with Crippen molar-refractivity contribution in [1.29, 1.82) is 0 Å². The zero-order valence-corrected chi connectivity index (χ0v) is 4.16. The quantitative estimate of drug-likeness (QED) is 0.335. The maximum absolute atomic E-state index is 9.32. The molecule has 0 saturated carbocycles. The minimum absolute atomic E-state index is 0.611. The molecule has 0 aliphatic carbocycles. The van der Waals surface area contributed by atoms with E-state index in [1.165, 1.54) is 0 Å². The summed E-state index contributed by atoms with van der Waals surface area (Å²) in [6.45, 7) is 1.55. The summed E-state index contributed by atoms with van der Waals surface area (Å²) in [5.41, 5.74) is 0. The highest BCUT2D eigenvalue weighted by molar-refractivity contribution is 6.77. The molecule has 0 bridgehead atoms. The maximum Gasteiger partial charge on any atom is 0.238 e. The molecular formula is C2H6O2Si. The van der Waals surface area contributed by atoms with Gasteiger partial charge in [-0.05, 0) is 6.55 Å². The van der Waals surface area contributed by atoms with Crippen molar-refractivity contribution in [2.45, 2.75) is 6.55 Å². The Bertz CT molecular complexity index is 34.6. The molecular weight excluding hydrogens is 84.1 g/mol. The second-order valence-electron chi connectivity index (χ2n) is 0.877. The second kappa shape index (κ2) is 2.11. The van der Waals surface area contributed by atoms with Gasteiger partial charge < -0.3 is 9.59 Å². The van der Waals surface area contributed by atoms with Crippen LogP contribution in [0.2, 0.25) is 6.55 Å². The Balaban J connectivity index is 2.83. The SMILES string of the molecule is C[SiH](O)C=O. The first kappa shape index (κ1) is 4.85. The Labute approximate surface area is 32.2 Å². The number of rotatable bonds is 1. The van der Waals surface area contributed by atoms with Crippen molar-refractivity contribution in [3.8, 4) is 0 Å². The van der Waals surface area contributed by atoms with Gasteiger partial charge in [0.05, 0.1) is 0 Å². The fourth-order valence-electron chi connectivity index (χ4n) is 0. The van der Waals surface area contributed by atoms with Crippen LogP contribution in [0.3, 0.4) is 0 Å².